The molecule has 1 aliphatic rings. The molecule has 0 aliphatic carbocycles. The minimum atomic E-state index is -4.95. The Labute approximate surface area is 216 Å². The molecule has 0 radical (unpaired) electrons. The summed E-state index contributed by atoms with van der Waals surface area (Å²) in [6, 6.07) is 3.96. The number of halogens is 5. The average molecular weight is 555 g/mol. The van der Waals surface area contributed by atoms with Gasteiger partial charge in [-0.2, -0.15) is 17.6 Å². The number of amides is 2. The fourth-order valence-electron chi connectivity index (χ4n) is 4.59. The second-order valence-electron chi connectivity index (χ2n) is 9.03. The molecule has 0 bridgehead atoms. The van der Waals surface area contributed by atoms with Crippen molar-refractivity contribution in [2.24, 2.45) is 11.7 Å². The third-order valence-corrected chi connectivity index (χ3v) is 6.80. The van der Waals surface area contributed by atoms with Crippen molar-refractivity contribution >= 4 is 17.5 Å². The summed E-state index contributed by atoms with van der Waals surface area (Å²) in [5.74, 6) is -8.60. The summed E-state index contributed by atoms with van der Waals surface area (Å²) in [5.41, 5.74) is 1.07. The average Bonchev–Trinajstić information content (AvgIpc) is 3.41. The molecule has 39 heavy (non-hydrogen) atoms. The molecule has 3 heterocycles. The number of nitrogens with two attached hydrogens (primary N) is 1. The number of imidazole rings is 1. The summed E-state index contributed by atoms with van der Waals surface area (Å²) in [5, 5.41) is 2.36. The Kier molecular flexibility index (Phi) is 6.97. The van der Waals surface area contributed by atoms with Crippen LogP contribution in [0.15, 0.2) is 41.5 Å². The summed E-state index contributed by atoms with van der Waals surface area (Å²) < 4.78 is 82.1. The summed E-state index contributed by atoms with van der Waals surface area (Å²) in [6.07, 6.45) is -4.27. The van der Waals surface area contributed by atoms with E-state index in [1.165, 1.54) is 25.4 Å². The zero-order valence-electron chi connectivity index (χ0n) is 20.6. The van der Waals surface area contributed by atoms with Gasteiger partial charge in [0.25, 0.3) is 11.8 Å². The van der Waals surface area contributed by atoms with Crippen LogP contribution in [-0.2, 0) is 9.53 Å². The molecule has 4 N–H and O–H groups in total. The van der Waals surface area contributed by atoms with Gasteiger partial charge in [0, 0.05) is 41.5 Å². The topological polar surface area (TPSA) is 141 Å². The Bertz CT molecular complexity index is 1500. The molecule has 2 amide bonds. The molecule has 208 valence electrons. The number of hydrogen-bond donors (Lipinski definition) is 3. The minimum Gasteiger partial charge on any atom is -0.493 e. The molecule has 15 heteroatoms. The molecule has 10 nitrogen and oxygen atoms in total. The highest BCUT2D eigenvalue weighted by Crippen LogP contribution is 2.55. The van der Waals surface area contributed by atoms with Gasteiger partial charge in [-0.1, -0.05) is 13.0 Å². The van der Waals surface area contributed by atoms with Crippen molar-refractivity contribution < 1.29 is 41.0 Å². The summed E-state index contributed by atoms with van der Waals surface area (Å²) >= 11 is 0. The van der Waals surface area contributed by atoms with Gasteiger partial charge in [-0.25, -0.2) is 14.2 Å². The number of benzene rings is 1. The number of H-pyrrole nitrogens is 1. The van der Waals surface area contributed by atoms with Gasteiger partial charge in [0.15, 0.2) is 17.2 Å². The van der Waals surface area contributed by atoms with E-state index in [9.17, 15) is 36.3 Å². The maximum atomic E-state index is 14.5. The molecule has 1 fully saturated rings. The number of carbonyl (C=O) groups excluding carboxylic acids is 2. The van der Waals surface area contributed by atoms with E-state index >= 15 is 0 Å². The highest BCUT2D eigenvalue weighted by molar-refractivity contribution is 5.97. The molecule has 0 spiro atoms. The van der Waals surface area contributed by atoms with E-state index in [4.69, 9.17) is 15.2 Å². The number of pyridine rings is 1. The van der Waals surface area contributed by atoms with E-state index in [-0.39, 0.29) is 22.8 Å². The maximum Gasteiger partial charge on any atom is 0.417 e. The maximum absolute atomic E-state index is 14.5. The molecule has 4 atom stereocenters. The smallest absolute Gasteiger partial charge is 0.417 e. The van der Waals surface area contributed by atoms with Crippen LogP contribution in [0.4, 0.5) is 27.6 Å². The number of primary amides is 1. The summed E-state index contributed by atoms with van der Waals surface area (Å²) in [4.78, 5) is 43.6. The largest absolute Gasteiger partial charge is 0.493 e. The number of alkyl halides is 3. The lowest BCUT2D eigenvalue weighted by atomic mass is 9.77. The number of ether oxygens (including phenoxy) is 2. The van der Waals surface area contributed by atoms with Crippen molar-refractivity contribution in [3.05, 3.63) is 70.0 Å². The third kappa shape index (κ3) is 4.73. The second-order valence-corrected chi connectivity index (χ2v) is 9.03. The molecule has 0 saturated carbocycles. The molecular formula is C24H22F5N5O5. The van der Waals surface area contributed by atoms with Crippen molar-refractivity contribution in [2.75, 3.05) is 12.4 Å². The molecular weight excluding hydrogens is 533 g/mol. The van der Waals surface area contributed by atoms with Crippen LogP contribution in [0.1, 0.15) is 35.8 Å². The van der Waals surface area contributed by atoms with Crippen LogP contribution >= 0.6 is 0 Å². The van der Waals surface area contributed by atoms with Crippen molar-refractivity contribution in [3.8, 4) is 11.6 Å². The van der Waals surface area contributed by atoms with Gasteiger partial charge in [0.05, 0.1) is 7.11 Å². The SMILES string of the molecule is COc1c([C@H]2[C@H](C(=O)Nc3cc(C(N)=O)nc(-n4cc[nH]c4=O)c3)O[C@@](C)(C(F)(F)F)[C@H]2C)ccc(F)c1F. The van der Waals surface area contributed by atoms with Gasteiger partial charge >= 0.3 is 11.9 Å². The van der Waals surface area contributed by atoms with Crippen LogP contribution in [0.2, 0.25) is 0 Å². The predicted octanol–water partition coefficient (Wildman–Crippen LogP) is 3.02. The predicted molar refractivity (Wildman–Crippen MR) is 125 cm³/mol. The van der Waals surface area contributed by atoms with Gasteiger partial charge in [0.1, 0.15) is 17.6 Å². The molecule has 1 aliphatic heterocycles. The summed E-state index contributed by atoms with van der Waals surface area (Å²) in [7, 11) is 1.01. The van der Waals surface area contributed by atoms with Crippen LogP contribution in [-0.4, -0.2) is 51.3 Å². The molecule has 3 aromatic rings. The fraction of sp³-hybridized carbons (Fsp3) is 0.333. The quantitative estimate of drug-likeness (QED) is 0.400. The van der Waals surface area contributed by atoms with Gasteiger partial charge in [-0.05, 0) is 19.1 Å². The standard InChI is InChI=1S/C24H22F5N5O5/c1-10-16(12-4-5-13(25)17(26)18(12)38-3)19(39-23(10,2)24(27,28)29)21(36)32-11-8-14(20(30)35)33-15(9-11)34-7-6-31-22(34)37/h4-10,16,19H,1-3H3,(H2,30,35)(H,31,37)(H,32,33,36)/t10-,16-,19+,23+/m0/s1. The third-order valence-electron chi connectivity index (χ3n) is 6.80. The van der Waals surface area contributed by atoms with E-state index in [0.29, 0.717) is 6.07 Å². The molecule has 1 saturated heterocycles. The number of aromatic nitrogens is 3. The first-order chi connectivity index (χ1) is 18.2. The lowest BCUT2D eigenvalue weighted by Gasteiger charge is -2.32. The van der Waals surface area contributed by atoms with Crippen LogP contribution < -0.4 is 21.5 Å². The first kappa shape index (κ1) is 27.8. The number of anilines is 1. The van der Waals surface area contributed by atoms with E-state index in [0.717, 1.165) is 30.7 Å². The molecule has 1 aromatic carbocycles. The number of nitrogens with one attached hydrogen (secondary N) is 2. The van der Waals surface area contributed by atoms with Crippen LogP contribution in [0.25, 0.3) is 5.82 Å². The highest BCUT2D eigenvalue weighted by Gasteiger charge is 2.65. The monoisotopic (exact) mass is 555 g/mol. The fourth-order valence-corrected chi connectivity index (χ4v) is 4.59. The van der Waals surface area contributed by atoms with Crippen molar-refractivity contribution in [1.29, 1.82) is 0 Å². The summed E-state index contributed by atoms with van der Waals surface area (Å²) in [6.45, 7) is 1.92. The Morgan fingerprint density at radius 2 is 1.95 bits per heavy atom. The second kappa shape index (κ2) is 9.80. The van der Waals surface area contributed by atoms with Gasteiger partial charge in [0.2, 0.25) is 5.82 Å². The number of rotatable bonds is 6. The van der Waals surface area contributed by atoms with Crippen molar-refractivity contribution in [2.45, 2.75) is 37.6 Å². The zero-order chi connectivity index (χ0) is 28.9. The van der Waals surface area contributed by atoms with E-state index < -0.39 is 64.6 Å². The lowest BCUT2D eigenvalue weighted by molar-refractivity contribution is -0.272. The first-order valence-electron chi connectivity index (χ1n) is 11.3. The van der Waals surface area contributed by atoms with E-state index in [2.05, 4.69) is 15.3 Å². The normalized spacial score (nSPS) is 23.0. The van der Waals surface area contributed by atoms with Gasteiger partial charge < -0.3 is 25.5 Å². The van der Waals surface area contributed by atoms with Gasteiger partial charge in [-0.3, -0.25) is 14.2 Å². The van der Waals surface area contributed by atoms with Crippen LogP contribution in [0, 0.1) is 17.6 Å². The number of methoxy groups -OCH3 is 1. The molecule has 2 aromatic heterocycles. The Hall–Kier alpha value is -4.27. The number of carbonyl (C=O) groups is 2. The highest BCUT2D eigenvalue weighted by atomic mass is 19.4. The van der Waals surface area contributed by atoms with Crippen LogP contribution in [0.3, 0.4) is 0 Å². The first-order valence-corrected chi connectivity index (χ1v) is 11.3. The Morgan fingerprint density at radius 3 is 2.51 bits per heavy atom. The Morgan fingerprint density at radius 1 is 1.26 bits per heavy atom. The van der Waals surface area contributed by atoms with Gasteiger partial charge in [-0.15, -0.1) is 0 Å². The number of nitrogens with zero attached hydrogens (tertiary/aromatic N) is 2. The Balaban J connectivity index is 1.80. The molecule has 0 unspecified atom stereocenters. The minimum absolute atomic E-state index is 0.132. The molecule has 4 rings (SSSR count). The van der Waals surface area contributed by atoms with E-state index in [1.54, 1.807) is 0 Å². The number of hydrogen-bond acceptors (Lipinski definition) is 6. The zero-order valence-corrected chi connectivity index (χ0v) is 20.6. The van der Waals surface area contributed by atoms with Crippen molar-refractivity contribution in [3.63, 3.8) is 0 Å². The lowest BCUT2D eigenvalue weighted by Crippen LogP contribution is -2.47. The number of aromatic amines is 1. The van der Waals surface area contributed by atoms with Crippen LogP contribution in [0.5, 0.6) is 5.75 Å². The van der Waals surface area contributed by atoms with E-state index in [1.807, 2.05) is 0 Å². The van der Waals surface area contributed by atoms with Crippen molar-refractivity contribution in [1.82, 2.24) is 14.5 Å².